The largest absolute Gasteiger partial charge is 0.463 e. The predicted octanol–water partition coefficient (Wildman–Crippen LogP) is 0.274. The van der Waals surface area contributed by atoms with E-state index in [4.69, 9.17) is 9.15 Å². The molecule has 6 nitrogen and oxygen atoms in total. The average molecular weight is 252 g/mol. The van der Waals surface area contributed by atoms with Crippen LogP contribution in [0.1, 0.15) is 18.4 Å². The zero-order valence-electron chi connectivity index (χ0n) is 10.3. The molecule has 0 unspecified atom stereocenters. The standard InChI is InChI=1S/C12H16N2O4/c1-2-13-5-9-3-4-10(18-9)6-14-11(15)7-17-8-12(14)16/h3-4,13H,2,5-8H2,1H3. The zero-order valence-corrected chi connectivity index (χ0v) is 10.3. The monoisotopic (exact) mass is 252 g/mol. The number of morpholine rings is 1. The number of hydrogen-bond donors (Lipinski definition) is 1. The Morgan fingerprint density at radius 2 is 1.89 bits per heavy atom. The van der Waals surface area contributed by atoms with E-state index in [1.165, 1.54) is 4.90 Å². The maximum atomic E-state index is 11.5. The molecule has 0 atom stereocenters. The van der Waals surface area contributed by atoms with Gasteiger partial charge in [-0.3, -0.25) is 14.5 Å². The highest BCUT2D eigenvalue weighted by atomic mass is 16.5. The minimum absolute atomic E-state index is 0.0449. The van der Waals surface area contributed by atoms with Crippen molar-refractivity contribution < 1.29 is 18.7 Å². The van der Waals surface area contributed by atoms with Gasteiger partial charge in [-0.1, -0.05) is 6.92 Å². The lowest BCUT2D eigenvalue weighted by Crippen LogP contribution is -2.45. The average Bonchev–Trinajstić information content (AvgIpc) is 2.79. The summed E-state index contributed by atoms with van der Waals surface area (Å²) < 4.78 is 10.4. The molecule has 1 aromatic rings. The van der Waals surface area contributed by atoms with Crippen molar-refractivity contribution >= 4 is 11.8 Å². The van der Waals surface area contributed by atoms with Gasteiger partial charge in [-0.25, -0.2) is 0 Å². The molecule has 2 rings (SSSR count). The van der Waals surface area contributed by atoms with Gasteiger partial charge in [-0.2, -0.15) is 0 Å². The molecule has 0 radical (unpaired) electrons. The lowest BCUT2D eigenvalue weighted by molar-refractivity contribution is -0.159. The number of carbonyl (C=O) groups is 2. The van der Waals surface area contributed by atoms with E-state index in [1.54, 1.807) is 6.07 Å². The van der Waals surface area contributed by atoms with E-state index < -0.39 is 0 Å². The van der Waals surface area contributed by atoms with Gasteiger partial charge in [0.15, 0.2) is 0 Å². The van der Waals surface area contributed by atoms with Gasteiger partial charge >= 0.3 is 0 Å². The summed E-state index contributed by atoms with van der Waals surface area (Å²) in [5.74, 6) is 0.748. The second kappa shape index (κ2) is 5.79. The van der Waals surface area contributed by atoms with Crippen LogP contribution in [-0.2, 0) is 27.4 Å². The molecule has 2 amide bonds. The van der Waals surface area contributed by atoms with E-state index in [0.717, 1.165) is 12.3 Å². The number of ether oxygens (including phenoxy) is 1. The first-order chi connectivity index (χ1) is 8.70. The summed E-state index contributed by atoms with van der Waals surface area (Å²) >= 11 is 0. The Bertz CT molecular complexity index is 425. The Morgan fingerprint density at radius 1 is 1.22 bits per heavy atom. The summed E-state index contributed by atoms with van der Waals surface area (Å²) in [5, 5.41) is 3.14. The van der Waals surface area contributed by atoms with Crippen LogP contribution in [-0.4, -0.2) is 36.5 Å². The normalized spacial score (nSPS) is 16.4. The fraction of sp³-hybridized carbons (Fsp3) is 0.500. The maximum absolute atomic E-state index is 11.5. The van der Waals surface area contributed by atoms with Crippen LogP contribution in [0.2, 0.25) is 0 Å². The minimum atomic E-state index is -0.323. The molecule has 0 bridgehead atoms. The minimum Gasteiger partial charge on any atom is -0.463 e. The van der Waals surface area contributed by atoms with Crippen molar-refractivity contribution in [3.8, 4) is 0 Å². The van der Waals surface area contributed by atoms with E-state index >= 15 is 0 Å². The molecule has 1 aliphatic heterocycles. The van der Waals surface area contributed by atoms with Gasteiger partial charge in [0, 0.05) is 0 Å². The molecule has 0 saturated carbocycles. The topological polar surface area (TPSA) is 71.8 Å². The summed E-state index contributed by atoms with van der Waals surface area (Å²) in [4.78, 5) is 24.2. The Kier molecular flexibility index (Phi) is 4.11. The van der Waals surface area contributed by atoms with Gasteiger partial charge in [-0.05, 0) is 18.7 Å². The second-order valence-corrected chi connectivity index (χ2v) is 4.01. The maximum Gasteiger partial charge on any atom is 0.255 e. The highest BCUT2D eigenvalue weighted by Gasteiger charge is 2.27. The summed E-state index contributed by atoms with van der Waals surface area (Å²) in [6.45, 7) is 3.59. The molecule has 98 valence electrons. The van der Waals surface area contributed by atoms with E-state index in [1.807, 2.05) is 13.0 Å². The van der Waals surface area contributed by atoms with Crippen LogP contribution >= 0.6 is 0 Å². The number of amides is 2. The van der Waals surface area contributed by atoms with Gasteiger partial charge in [0.05, 0.1) is 13.1 Å². The van der Waals surface area contributed by atoms with Crippen molar-refractivity contribution in [1.29, 1.82) is 0 Å². The number of nitrogens with one attached hydrogen (secondary N) is 1. The number of rotatable bonds is 5. The van der Waals surface area contributed by atoms with Crippen molar-refractivity contribution in [3.05, 3.63) is 23.7 Å². The molecule has 1 N–H and O–H groups in total. The van der Waals surface area contributed by atoms with Crippen LogP contribution in [0, 0.1) is 0 Å². The molecule has 0 aromatic carbocycles. The third kappa shape index (κ3) is 2.96. The molecular formula is C12H16N2O4. The van der Waals surface area contributed by atoms with E-state index in [9.17, 15) is 9.59 Å². The first-order valence-corrected chi connectivity index (χ1v) is 5.90. The van der Waals surface area contributed by atoms with Crippen LogP contribution in [0.3, 0.4) is 0 Å². The molecule has 18 heavy (non-hydrogen) atoms. The van der Waals surface area contributed by atoms with E-state index in [-0.39, 0.29) is 31.6 Å². The van der Waals surface area contributed by atoms with Crippen LogP contribution in [0.15, 0.2) is 16.5 Å². The van der Waals surface area contributed by atoms with Gasteiger partial charge in [0.2, 0.25) is 0 Å². The summed E-state index contributed by atoms with van der Waals surface area (Å²) in [5.41, 5.74) is 0. The third-order valence-corrected chi connectivity index (χ3v) is 2.63. The van der Waals surface area contributed by atoms with Crippen molar-refractivity contribution in [2.45, 2.75) is 20.0 Å². The van der Waals surface area contributed by atoms with Crippen molar-refractivity contribution in [2.24, 2.45) is 0 Å². The highest BCUT2D eigenvalue weighted by Crippen LogP contribution is 2.12. The molecule has 6 heteroatoms. The number of imide groups is 1. The van der Waals surface area contributed by atoms with Crippen LogP contribution < -0.4 is 5.32 Å². The second-order valence-electron chi connectivity index (χ2n) is 4.01. The Hall–Kier alpha value is -1.66. The quantitative estimate of drug-likeness (QED) is 0.762. The van der Waals surface area contributed by atoms with Crippen LogP contribution in [0.5, 0.6) is 0 Å². The zero-order chi connectivity index (χ0) is 13.0. The van der Waals surface area contributed by atoms with Gasteiger partial charge in [0.25, 0.3) is 11.8 Å². The summed E-state index contributed by atoms with van der Waals surface area (Å²) in [6, 6.07) is 3.62. The van der Waals surface area contributed by atoms with Gasteiger partial charge < -0.3 is 14.5 Å². The molecule has 1 aliphatic rings. The molecule has 0 spiro atoms. The molecule has 1 fully saturated rings. The molecular weight excluding hydrogens is 236 g/mol. The fourth-order valence-electron chi connectivity index (χ4n) is 1.70. The van der Waals surface area contributed by atoms with Gasteiger partial charge in [0.1, 0.15) is 24.7 Å². The first-order valence-electron chi connectivity index (χ1n) is 5.90. The SMILES string of the molecule is CCNCc1ccc(CN2C(=O)COCC2=O)o1. The van der Waals surface area contributed by atoms with E-state index in [2.05, 4.69) is 5.32 Å². The Balaban J connectivity index is 1.97. The van der Waals surface area contributed by atoms with E-state index in [0.29, 0.717) is 12.3 Å². The number of furan rings is 1. The fourth-order valence-corrected chi connectivity index (χ4v) is 1.70. The highest BCUT2D eigenvalue weighted by molar-refractivity contribution is 5.98. The number of carbonyl (C=O) groups excluding carboxylic acids is 2. The number of nitrogens with zero attached hydrogens (tertiary/aromatic N) is 1. The van der Waals surface area contributed by atoms with Crippen LogP contribution in [0.25, 0.3) is 0 Å². The molecule has 1 saturated heterocycles. The Labute approximate surface area is 105 Å². The molecule has 1 aromatic heterocycles. The first kappa shape index (κ1) is 12.8. The molecule has 2 heterocycles. The predicted molar refractivity (Wildman–Crippen MR) is 62.5 cm³/mol. The Morgan fingerprint density at radius 3 is 2.56 bits per heavy atom. The van der Waals surface area contributed by atoms with Crippen molar-refractivity contribution in [1.82, 2.24) is 10.2 Å². The smallest absolute Gasteiger partial charge is 0.255 e. The summed E-state index contributed by atoms with van der Waals surface area (Å²) in [6.07, 6.45) is 0. The summed E-state index contributed by atoms with van der Waals surface area (Å²) in [7, 11) is 0. The lowest BCUT2D eigenvalue weighted by atomic mass is 10.3. The number of hydrogen-bond acceptors (Lipinski definition) is 5. The van der Waals surface area contributed by atoms with Crippen LogP contribution in [0.4, 0.5) is 0 Å². The van der Waals surface area contributed by atoms with Gasteiger partial charge in [-0.15, -0.1) is 0 Å². The van der Waals surface area contributed by atoms with Crippen molar-refractivity contribution in [2.75, 3.05) is 19.8 Å². The molecule has 0 aliphatic carbocycles. The lowest BCUT2D eigenvalue weighted by Gasteiger charge is -2.23. The van der Waals surface area contributed by atoms with Crippen molar-refractivity contribution in [3.63, 3.8) is 0 Å². The third-order valence-electron chi connectivity index (χ3n) is 2.63.